The lowest BCUT2D eigenvalue weighted by atomic mass is 10.2. The van der Waals surface area contributed by atoms with Crippen molar-refractivity contribution in [1.82, 2.24) is 34.0 Å². The Morgan fingerprint density at radius 1 is 1.10 bits per heavy atom. The summed E-state index contributed by atoms with van der Waals surface area (Å²) in [4.78, 5) is 17.8. The lowest BCUT2D eigenvalue weighted by molar-refractivity contribution is 0.248. The van der Waals surface area contributed by atoms with E-state index in [-0.39, 0.29) is 18.3 Å². The fraction of sp³-hybridized carbons (Fsp3) is 0.385. The smallest absolute Gasteiger partial charge is 0.225 e. The first-order chi connectivity index (χ1) is 19.9. The van der Waals surface area contributed by atoms with Crippen molar-refractivity contribution in [3.8, 4) is 17.3 Å². The van der Waals surface area contributed by atoms with Gasteiger partial charge in [0.1, 0.15) is 5.82 Å². The van der Waals surface area contributed by atoms with Gasteiger partial charge in [-0.05, 0) is 18.6 Å². The third-order valence-corrected chi connectivity index (χ3v) is 7.88. The van der Waals surface area contributed by atoms with Gasteiger partial charge in [-0.2, -0.15) is 9.50 Å². The van der Waals surface area contributed by atoms with E-state index in [0.717, 1.165) is 12.6 Å². The Labute approximate surface area is 236 Å². The molecule has 0 unspecified atom stereocenters. The molecule has 1 aromatic carbocycles. The molecule has 4 aromatic heterocycles. The van der Waals surface area contributed by atoms with Crippen molar-refractivity contribution >= 4 is 39.2 Å². The summed E-state index contributed by atoms with van der Waals surface area (Å²) in [5.74, 6) is 0.212. The molecular formula is C26H29F2N9O3S. The molecule has 1 aliphatic rings. The number of halogens is 2. The number of fused-ring (bicyclic) bond motifs is 3. The molecule has 0 radical (unpaired) electrons. The topological polar surface area (TPSA) is 133 Å². The van der Waals surface area contributed by atoms with Crippen molar-refractivity contribution in [2.75, 3.05) is 62.0 Å². The van der Waals surface area contributed by atoms with Crippen LogP contribution in [0.4, 0.5) is 20.4 Å². The van der Waals surface area contributed by atoms with E-state index < -0.39 is 22.4 Å². The van der Waals surface area contributed by atoms with Crippen LogP contribution in [0.5, 0.6) is 5.75 Å². The molecule has 0 amide bonds. The van der Waals surface area contributed by atoms with Gasteiger partial charge in [0.25, 0.3) is 0 Å². The first-order valence-electron chi connectivity index (χ1n) is 13.2. The van der Waals surface area contributed by atoms with Crippen LogP contribution < -0.4 is 15.4 Å². The summed E-state index contributed by atoms with van der Waals surface area (Å²) in [5.41, 5.74) is 8.19. The highest BCUT2D eigenvalue weighted by Crippen LogP contribution is 2.29. The number of hydrogen-bond acceptors (Lipinski definition) is 10. The molecule has 0 spiro atoms. The predicted molar refractivity (Wildman–Crippen MR) is 150 cm³/mol. The number of nitrogens with two attached hydrogens (primary N) is 1. The summed E-state index contributed by atoms with van der Waals surface area (Å²) in [5, 5.41) is 4.40. The van der Waals surface area contributed by atoms with Gasteiger partial charge in [0.15, 0.2) is 34.1 Å². The molecule has 12 nitrogen and oxygen atoms in total. The monoisotopic (exact) mass is 585 g/mol. The van der Waals surface area contributed by atoms with Gasteiger partial charge >= 0.3 is 0 Å². The van der Waals surface area contributed by atoms with E-state index in [4.69, 9.17) is 14.9 Å². The number of nitrogens with zero attached hydrogens (tertiary/aromatic N) is 8. The summed E-state index contributed by atoms with van der Waals surface area (Å²) in [6, 6.07) is 5.81. The lowest BCUT2D eigenvalue weighted by Gasteiger charge is -2.36. The van der Waals surface area contributed by atoms with Gasteiger partial charge in [0.05, 0.1) is 24.9 Å². The lowest BCUT2D eigenvalue weighted by Crippen LogP contribution is -2.47. The number of piperazine rings is 1. The van der Waals surface area contributed by atoms with Gasteiger partial charge < -0.3 is 24.4 Å². The van der Waals surface area contributed by atoms with Crippen LogP contribution in [0.2, 0.25) is 0 Å². The fourth-order valence-electron chi connectivity index (χ4n) is 4.88. The second kappa shape index (κ2) is 11.4. The average molecular weight is 586 g/mol. The number of furan rings is 1. The highest BCUT2D eigenvalue weighted by atomic mass is 32.2. The van der Waals surface area contributed by atoms with Gasteiger partial charge in [0, 0.05) is 74.2 Å². The number of nitrogen functional groups attached to an aromatic ring is 1. The largest absolute Gasteiger partial charge is 0.490 e. The quantitative estimate of drug-likeness (QED) is 0.244. The Morgan fingerprint density at radius 2 is 1.93 bits per heavy atom. The van der Waals surface area contributed by atoms with Crippen LogP contribution in [0.1, 0.15) is 6.42 Å². The molecule has 5 heterocycles. The van der Waals surface area contributed by atoms with E-state index in [9.17, 15) is 13.0 Å². The molecule has 1 aliphatic heterocycles. The SMILES string of the molecule is C[S@](=O)CCCOc1cc(N2CCN(CCn3cnc4c3nc(N)n3nc(-c5ccco5)nc43)CC2)c(F)cc1F. The minimum atomic E-state index is -0.945. The molecule has 216 valence electrons. The van der Waals surface area contributed by atoms with Gasteiger partial charge in [-0.15, -0.1) is 5.10 Å². The van der Waals surface area contributed by atoms with Crippen molar-refractivity contribution in [3.05, 3.63) is 48.5 Å². The first-order valence-corrected chi connectivity index (χ1v) is 14.9. The van der Waals surface area contributed by atoms with Crippen molar-refractivity contribution in [3.63, 3.8) is 0 Å². The molecule has 2 N–H and O–H groups in total. The molecule has 5 aromatic rings. The Kier molecular flexibility index (Phi) is 7.53. The molecule has 0 saturated carbocycles. The zero-order valence-corrected chi connectivity index (χ0v) is 23.2. The molecule has 0 aliphatic carbocycles. The van der Waals surface area contributed by atoms with Crippen LogP contribution in [0.15, 0.2) is 41.3 Å². The van der Waals surface area contributed by atoms with E-state index >= 15 is 0 Å². The van der Waals surface area contributed by atoms with Gasteiger partial charge in [-0.1, -0.05) is 0 Å². The highest BCUT2D eigenvalue weighted by Gasteiger charge is 2.23. The molecule has 1 saturated heterocycles. The Hall–Kier alpha value is -4.11. The standard InChI is InChI=1S/C26H29F2N9O3S/c1-41(38)13-3-12-40-21-15-19(17(27)14-18(21)28)35-8-5-34(6-9-35)7-10-36-16-30-22-24(36)32-26(29)37-25(22)31-23(33-37)20-4-2-11-39-20/h2,4,11,14-16H,3,5-10,12-13H2,1H3,(H2,29,32)/t41-/m0/s1. The Balaban J connectivity index is 1.09. The van der Waals surface area contributed by atoms with Gasteiger partial charge in [-0.3, -0.25) is 9.11 Å². The first kappa shape index (κ1) is 27.1. The van der Waals surface area contributed by atoms with Gasteiger partial charge in [0.2, 0.25) is 11.8 Å². The maximum Gasteiger partial charge on any atom is 0.225 e. The van der Waals surface area contributed by atoms with Crippen molar-refractivity contribution in [2.24, 2.45) is 0 Å². The summed E-state index contributed by atoms with van der Waals surface area (Å²) in [6.07, 6.45) is 5.39. The summed E-state index contributed by atoms with van der Waals surface area (Å²) >= 11 is 0. The maximum absolute atomic E-state index is 14.7. The van der Waals surface area contributed by atoms with E-state index in [0.29, 0.717) is 79.0 Å². The van der Waals surface area contributed by atoms with E-state index in [1.807, 2.05) is 9.47 Å². The fourth-order valence-corrected chi connectivity index (χ4v) is 5.41. The molecule has 15 heteroatoms. The molecule has 0 bridgehead atoms. The van der Waals surface area contributed by atoms with Crippen LogP contribution in [-0.4, -0.2) is 89.6 Å². The molecule has 1 fully saturated rings. The number of hydrogen-bond donors (Lipinski definition) is 1. The number of anilines is 2. The number of aromatic nitrogens is 6. The Morgan fingerprint density at radius 3 is 2.68 bits per heavy atom. The van der Waals surface area contributed by atoms with E-state index in [1.165, 1.54) is 10.6 Å². The minimum absolute atomic E-state index is 0.00235. The van der Waals surface area contributed by atoms with E-state index in [1.54, 1.807) is 31.0 Å². The van der Waals surface area contributed by atoms with Gasteiger partial charge in [-0.25, -0.2) is 18.7 Å². The molecule has 1 atom stereocenters. The second-order valence-corrected chi connectivity index (χ2v) is 11.3. The van der Waals surface area contributed by atoms with Crippen molar-refractivity contribution in [2.45, 2.75) is 13.0 Å². The minimum Gasteiger partial charge on any atom is -0.490 e. The van der Waals surface area contributed by atoms with Crippen molar-refractivity contribution in [1.29, 1.82) is 0 Å². The second-order valence-electron chi connectivity index (χ2n) is 9.77. The number of imidazole rings is 1. The van der Waals surface area contributed by atoms with Crippen molar-refractivity contribution < 1.29 is 22.1 Å². The van der Waals surface area contributed by atoms with Crippen LogP contribution in [0.25, 0.3) is 28.4 Å². The summed E-state index contributed by atoms with van der Waals surface area (Å²) in [6.45, 7) is 4.08. The number of rotatable bonds is 10. The van der Waals surface area contributed by atoms with Crippen LogP contribution in [0, 0.1) is 11.6 Å². The van der Waals surface area contributed by atoms with Crippen LogP contribution in [0.3, 0.4) is 0 Å². The summed E-state index contributed by atoms with van der Waals surface area (Å²) in [7, 11) is -0.945. The van der Waals surface area contributed by atoms with E-state index in [2.05, 4.69) is 25.0 Å². The zero-order chi connectivity index (χ0) is 28.5. The Bertz CT molecular complexity index is 1700. The predicted octanol–water partition coefficient (Wildman–Crippen LogP) is 2.56. The maximum atomic E-state index is 14.7. The third kappa shape index (κ3) is 5.59. The highest BCUT2D eigenvalue weighted by molar-refractivity contribution is 7.84. The normalized spacial score (nSPS) is 15.2. The van der Waals surface area contributed by atoms with Crippen LogP contribution >= 0.6 is 0 Å². The number of benzene rings is 1. The molecule has 6 rings (SSSR count). The zero-order valence-electron chi connectivity index (χ0n) is 22.4. The third-order valence-electron chi connectivity index (χ3n) is 7.01. The van der Waals surface area contributed by atoms with Crippen LogP contribution in [-0.2, 0) is 17.3 Å². The molecular weight excluding hydrogens is 556 g/mol. The molecule has 41 heavy (non-hydrogen) atoms. The summed E-state index contributed by atoms with van der Waals surface area (Å²) < 4.78 is 54.5. The average Bonchev–Trinajstić information content (AvgIpc) is 3.71. The number of ether oxygens (including phenoxy) is 1.